The van der Waals surface area contributed by atoms with E-state index in [9.17, 15) is 0 Å². The van der Waals surface area contributed by atoms with Crippen molar-refractivity contribution < 1.29 is 0 Å². The van der Waals surface area contributed by atoms with E-state index in [-0.39, 0.29) is 0 Å². The summed E-state index contributed by atoms with van der Waals surface area (Å²) in [5.74, 6) is 0.729. The van der Waals surface area contributed by atoms with Crippen molar-refractivity contribution in [1.29, 1.82) is 0 Å². The van der Waals surface area contributed by atoms with E-state index < -0.39 is 0 Å². The highest BCUT2D eigenvalue weighted by Gasteiger charge is 2.05. The van der Waals surface area contributed by atoms with Crippen LogP contribution in [0.3, 0.4) is 0 Å². The van der Waals surface area contributed by atoms with Gasteiger partial charge in [0.1, 0.15) is 0 Å². The summed E-state index contributed by atoms with van der Waals surface area (Å²) in [7, 11) is 0. The van der Waals surface area contributed by atoms with Crippen molar-refractivity contribution in [2.45, 2.75) is 26.8 Å². The van der Waals surface area contributed by atoms with Crippen molar-refractivity contribution in [3.05, 3.63) is 22.4 Å². The first-order valence-electron chi connectivity index (χ1n) is 4.47. The Bertz CT molecular complexity index is 204. The topological polar surface area (TPSA) is 12.0 Å². The number of hydrogen-bond acceptors (Lipinski definition) is 2. The van der Waals surface area contributed by atoms with Crippen LogP contribution in [0.2, 0.25) is 0 Å². The van der Waals surface area contributed by atoms with Crippen molar-refractivity contribution in [2.24, 2.45) is 5.92 Å². The molecule has 1 rings (SSSR count). The van der Waals surface area contributed by atoms with Crippen LogP contribution in [-0.4, -0.2) is 6.54 Å². The van der Waals surface area contributed by atoms with Crippen molar-refractivity contribution in [3.8, 4) is 0 Å². The van der Waals surface area contributed by atoms with E-state index in [1.807, 2.05) is 11.3 Å². The summed E-state index contributed by atoms with van der Waals surface area (Å²) >= 11 is 1.82. The lowest BCUT2D eigenvalue weighted by Crippen LogP contribution is -2.22. The molecule has 0 aliphatic carbocycles. The van der Waals surface area contributed by atoms with Gasteiger partial charge in [0.05, 0.1) is 0 Å². The zero-order valence-electron chi connectivity index (χ0n) is 8.00. The van der Waals surface area contributed by atoms with Crippen LogP contribution in [0, 0.1) is 5.92 Å². The highest BCUT2D eigenvalue weighted by atomic mass is 32.1. The molecule has 0 radical (unpaired) electrons. The molecule has 0 aliphatic heterocycles. The maximum Gasteiger partial charge on any atom is 0.0386 e. The molecule has 0 aromatic carbocycles. The minimum Gasteiger partial charge on any atom is -0.309 e. The third-order valence-electron chi connectivity index (χ3n) is 1.80. The van der Waals surface area contributed by atoms with E-state index in [0.29, 0.717) is 6.04 Å². The molecule has 1 heterocycles. The van der Waals surface area contributed by atoms with Crippen LogP contribution in [0.15, 0.2) is 17.5 Å². The molecule has 0 bridgehead atoms. The fourth-order valence-electron chi connectivity index (χ4n) is 1.05. The summed E-state index contributed by atoms with van der Waals surface area (Å²) in [5.41, 5.74) is 0. The summed E-state index contributed by atoms with van der Waals surface area (Å²) in [6.07, 6.45) is 0. The van der Waals surface area contributed by atoms with Crippen molar-refractivity contribution in [2.75, 3.05) is 6.54 Å². The Morgan fingerprint density at radius 2 is 2.17 bits per heavy atom. The predicted octanol–water partition coefficient (Wildman–Crippen LogP) is 3.05. The van der Waals surface area contributed by atoms with Crippen LogP contribution in [0.1, 0.15) is 31.7 Å². The SMILES string of the molecule is CC(C)CN[C@H](C)c1cccs1. The minimum absolute atomic E-state index is 0.507. The summed E-state index contributed by atoms with van der Waals surface area (Å²) in [6.45, 7) is 7.77. The van der Waals surface area contributed by atoms with Crippen molar-refractivity contribution in [1.82, 2.24) is 5.32 Å². The van der Waals surface area contributed by atoms with Gasteiger partial charge in [-0.1, -0.05) is 19.9 Å². The molecule has 2 heteroatoms. The lowest BCUT2D eigenvalue weighted by atomic mass is 10.2. The molecule has 0 saturated carbocycles. The highest BCUT2D eigenvalue weighted by Crippen LogP contribution is 2.17. The Labute approximate surface area is 78.8 Å². The van der Waals surface area contributed by atoms with Crippen molar-refractivity contribution in [3.63, 3.8) is 0 Å². The summed E-state index contributed by atoms with van der Waals surface area (Å²) < 4.78 is 0. The van der Waals surface area contributed by atoms with Crippen LogP contribution in [0.4, 0.5) is 0 Å². The van der Waals surface area contributed by atoms with E-state index in [1.165, 1.54) is 4.88 Å². The zero-order chi connectivity index (χ0) is 8.97. The molecule has 0 amide bonds. The summed E-state index contributed by atoms with van der Waals surface area (Å²) in [4.78, 5) is 1.43. The van der Waals surface area contributed by atoms with Gasteiger partial charge in [0.15, 0.2) is 0 Å². The van der Waals surface area contributed by atoms with E-state index in [1.54, 1.807) is 0 Å². The normalized spacial score (nSPS) is 13.7. The van der Waals surface area contributed by atoms with Gasteiger partial charge in [-0.2, -0.15) is 0 Å². The summed E-state index contributed by atoms with van der Waals surface area (Å²) in [5, 5.41) is 5.62. The molecular formula is C10H17NS. The first-order chi connectivity index (χ1) is 5.70. The van der Waals surface area contributed by atoms with Crippen LogP contribution in [-0.2, 0) is 0 Å². The highest BCUT2D eigenvalue weighted by molar-refractivity contribution is 7.10. The average Bonchev–Trinajstić information content (AvgIpc) is 2.51. The number of hydrogen-bond donors (Lipinski definition) is 1. The van der Waals surface area contributed by atoms with Crippen LogP contribution in [0.25, 0.3) is 0 Å². The molecule has 0 spiro atoms. The Morgan fingerprint density at radius 1 is 1.42 bits per heavy atom. The van der Waals surface area contributed by atoms with Gasteiger partial charge >= 0.3 is 0 Å². The molecule has 1 N–H and O–H groups in total. The van der Waals surface area contributed by atoms with Crippen molar-refractivity contribution >= 4 is 11.3 Å². The van der Waals surface area contributed by atoms with Gasteiger partial charge in [-0.3, -0.25) is 0 Å². The molecule has 1 atom stereocenters. The maximum absolute atomic E-state index is 3.49. The van der Waals surface area contributed by atoms with Gasteiger partial charge in [-0.05, 0) is 30.8 Å². The zero-order valence-corrected chi connectivity index (χ0v) is 8.82. The van der Waals surface area contributed by atoms with E-state index in [2.05, 4.69) is 43.6 Å². The van der Waals surface area contributed by atoms with E-state index in [4.69, 9.17) is 0 Å². The Hall–Kier alpha value is -0.340. The quantitative estimate of drug-likeness (QED) is 0.756. The maximum atomic E-state index is 3.49. The molecule has 0 aliphatic rings. The van der Waals surface area contributed by atoms with Crippen LogP contribution >= 0.6 is 11.3 Å². The van der Waals surface area contributed by atoms with E-state index in [0.717, 1.165) is 12.5 Å². The largest absolute Gasteiger partial charge is 0.309 e. The number of rotatable bonds is 4. The lowest BCUT2D eigenvalue weighted by molar-refractivity contribution is 0.500. The minimum atomic E-state index is 0.507. The smallest absolute Gasteiger partial charge is 0.0386 e. The molecule has 68 valence electrons. The second kappa shape index (κ2) is 4.63. The third kappa shape index (κ3) is 2.95. The van der Waals surface area contributed by atoms with Crippen LogP contribution in [0.5, 0.6) is 0 Å². The molecule has 1 nitrogen and oxygen atoms in total. The number of nitrogens with one attached hydrogen (secondary N) is 1. The predicted molar refractivity (Wildman–Crippen MR) is 55.6 cm³/mol. The first-order valence-corrected chi connectivity index (χ1v) is 5.35. The van der Waals surface area contributed by atoms with Gasteiger partial charge in [0.25, 0.3) is 0 Å². The molecule has 1 aromatic rings. The summed E-state index contributed by atoms with van der Waals surface area (Å²) in [6, 6.07) is 4.79. The molecule has 0 saturated heterocycles. The second-order valence-corrected chi connectivity index (χ2v) is 4.52. The second-order valence-electron chi connectivity index (χ2n) is 3.54. The van der Waals surface area contributed by atoms with Gasteiger partial charge in [-0.25, -0.2) is 0 Å². The molecular weight excluding hydrogens is 166 g/mol. The third-order valence-corrected chi connectivity index (χ3v) is 2.86. The lowest BCUT2D eigenvalue weighted by Gasteiger charge is -2.13. The van der Waals surface area contributed by atoms with Crippen LogP contribution < -0.4 is 5.32 Å². The van der Waals surface area contributed by atoms with Gasteiger partial charge in [0.2, 0.25) is 0 Å². The fraction of sp³-hybridized carbons (Fsp3) is 0.600. The molecule has 12 heavy (non-hydrogen) atoms. The Kier molecular flexibility index (Phi) is 3.76. The standard InChI is InChI=1S/C10H17NS/c1-8(2)7-11-9(3)10-5-4-6-12-10/h4-6,8-9,11H,7H2,1-3H3/t9-/m1/s1. The average molecular weight is 183 g/mol. The fourth-order valence-corrected chi connectivity index (χ4v) is 1.81. The van der Waals surface area contributed by atoms with Gasteiger partial charge < -0.3 is 5.32 Å². The monoisotopic (exact) mass is 183 g/mol. The molecule has 0 fully saturated rings. The van der Waals surface area contributed by atoms with E-state index >= 15 is 0 Å². The first kappa shape index (κ1) is 9.75. The Morgan fingerprint density at radius 3 is 2.67 bits per heavy atom. The Balaban J connectivity index is 2.34. The molecule has 1 aromatic heterocycles. The molecule has 0 unspecified atom stereocenters. The number of thiophene rings is 1. The van der Waals surface area contributed by atoms with Gasteiger partial charge in [0, 0.05) is 10.9 Å². The van der Waals surface area contributed by atoms with Gasteiger partial charge in [-0.15, -0.1) is 11.3 Å².